The van der Waals surface area contributed by atoms with E-state index in [1.54, 1.807) is 48.4 Å². The van der Waals surface area contributed by atoms with Crippen molar-refractivity contribution in [1.29, 1.82) is 0 Å². The van der Waals surface area contributed by atoms with Crippen molar-refractivity contribution in [2.75, 3.05) is 13.1 Å². The van der Waals surface area contributed by atoms with Crippen LogP contribution < -0.4 is 15.4 Å². The fraction of sp³-hybridized carbons (Fsp3) is 0.143. The molecular weight excluding hydrogens is 502 g/mol. The van der Waals surface area contributed by atoms with Gasteiger partial charge in [0.2, 0.25) is 11.8 Å². The average Bonchev–Trinajstić information content (AvgIpc) is 3.60. The molecule has 0 fully saturated rings. The number of aromatic amines is 1. The summed E-state index contributed by atoms with van der Waals surface area (Å²) in [7, 11) is 0. The summed E-state index contributed by atoms with van der Waals surface area (Å²) in [5.41, 5.74) is 2.16. The van der Waals surface area contributed by atoms with Crippen molar-refractivity contribution in [3.8, 4) is 11.5 Å². The first-order chi connectivity index (χ1) is 18.5. The Labute approximate surface area is 222 Å². The number of nitrogens with zero attached hydrogens (tertiary/aromatic N) is 2. The lowest BCUT2D eigenvalue weighted by Crippen LogP contribution is -2.49. The lowest BCUT2D eigenvalue weighted by molar-refractivity contribution is -0.136. The molecule has 9 nitrogen and oxygen atoms in total. The molecule has 2 aliphatic rings. The molecule has 0 saturated heterocycles. The molecule has 0 spiro atoms. The Morgan fingerprint density at radius 1 is 1.05 bits per heavy atom. The maximum Gasteiger partial charge on any atom is 0.251 e. The first kappa shape index (κ1) is 23.8. The van der Waals surface area contributed by atoms with Gasteiger partial charge in [0.15, 0.2) is 0 Å². The van der Waals surface area contributed by atoms with Gasteiger partial charge in [-0.25, -0.2) is 0 Å². The monoisotopic (exact) mass is 525 g/mol. The maximum atomic E-state index is 12.9. The third-order valence-electron chi connectivity index (χ3n) is 6.37. The number of amides is 3. The number of hydrogen-bond acceptors (Lipinski definition) is 6. The van der Waals surface area contributed by atoms with Crippen LogP contribution >= 0.6 is 11.8 Å². The van der Waals surface area contributed by atoms with Crippen LogP contribution in [0.2, 0.25) is 0 Å². The molecule has 1 atom stereocenters. The Hall–Kier alpha value is -4.57. The highest BCUT2D eigenvalue weighted by Crippen LogP contribution is 2.46. The first-order valence-electron chi connectivity index (χ1n) is 12.1. The molecule has 3 amide bonds. The van der Waals surface area contributed by atoms with Crippen molar-refractivity contribution in [3.05, 3.63) is 90.4 Å². The van der Waals surface area contributed by atoms with Crippen molar-refractivity contribution in [3.63, 3.8) is 0 Å². The number of fused-ring (bicyclic) bond motifs is 3. The smallest absolute Gasteiger partial charge is 0.251 e. The SMILES string of the molecule is O=C(NCC(=O)N1CC=C[C@H]1C(=O)NCc1cc2cnccc2[nH]1)c1ccc2c(c1)Oc1ccccc1S2. The molecule has 2 aromatic heterocycles. The Bertz CT molecular complexity index is 1560. The van der Waals surface area contributed by atoms with E-state index in [-0.39, 0.29) is 18.4 Å². The molecule has 0 unspecified atom stereocenters. The van der Waals surface area contributed by atoms with E-state index in [1.807, 2.05) is 42.5 Å². The Kier molecular flexibility index (Phi) is 6.30. The van der Waals surface area contributed by atoms with Gasteiger partial charge in [-0.2, -0.15) is 0 Å². The van der Waals surface area contributed by atoms with Gasteiger partial charge in [-0.05, 0) is 42.5 Å². The van der Waals surface area contributed by atoms with E-state index in [0.717, 1.165) is 32.1 Å². The highest BCUT2D eigenvalue weighted by atomic mass is 32.2. The molecule has 0 bridgehead atoms. The third kappa shape index (κ3) is 4.73. The van der Waals surface area contributed by atoms with Crippen molar-refractivity contribution in [1.82, 2.24) is 25.5 Å². The molecule has 0 aliphatic carbocycles. The number of hydrogen-bond donors (Lipinski definition) is 3. The predicted molar refractivity (Wildman–Crippen MR) is 142 cm³/mol. The van der Waals surface area contributed by atoms with Crippen LogP contribution in [-0.4, -0.2) is 51.7 Å². The second-order valence-corrected chi connectivity index (χ2v) is 9.97. The quantitative estimate of drug-likeness (QED) is 0.292. The van der Waals surface area contributed by atoms with Crippen LogP contribution in [0, 0.1) is 0 Å². The average molecular weight is 526 g/mol. The minimum absolute atomic E-state index is 0.227. The second-order valence-electron chi connectivity index (χ2n) is 8.89. The van der Waals surface area contributed by atoms with Crippen molar-refractivity contribution in [2.45, 2.75) is 22.4 Å². The fourth-order valence-electron chi connectivity index (χ4n) is 4.45. The molecule has 3 N–H and O–H groups in total. The zero-order valence-corrected chi connectivity index (χ0v) is 21.0. The van der Waals surface area contributed by atoms with Gasteiger partial charge >= 0.3 is 0 Å². The molecule has 2 aliphatic heterocycles. The molecule has 0 radical (unpaired) electrons. The molecule has 10 heteroatoms. The summed E-state index contributed by atoms with van der Waals surface area (Å²) in [5.74, 6) is 0.304. The summed E-state index contributed by atoms with van der Waals surface area (Å²) >= 11 is 1.58. The van der Waals surface area contributed by atoms with Crippen LogP contribution in [0.4, 0.5) is 0 Å². The van der Waals surface area contributed by atoms with Crippen molar-refractivity contribution in [2.24, 2.45) is 0 Å². The zero-order valence-electron chi connectivity index (χ0n) is 20.1. The van der Waals surface area contributed by atoms with Gasteiger partial charge in [-0.15, -0.1) is 0 Å². The fourth-order valence-corrected chi connectivity index (χ4v) is 5.38. The second kappa shape index (κ2) is 10.1. The molecule has 4 aromatic rings. The molecule has 38 heavy (non-hydrogen) atoms. The normalized spacial score (nSPS) is 15.5. The number of rotatable bonds is 6. The van der Waals surface area contributed by atoms with E-state index in [0.29, 0.717) is 24.4 Å². The molecule has 6 rings (SSSR count). The number of carbonyl (C=O) groups is 3. The van der Waals surface area contributed by atoms with Crippen molar-refractivity contribution >= 4 is 40.4 Å². The summed E-state index contributed by atoms with van der Waals surface area (Å²) < 4.78 is 5.95. The topological polar surface area (TPSA) is 116 Å². The van der Waals surface area contributed by atoms with Gasteiger partial charge in [0.25, 0.3) is 5.91 Å². The number of carbonyl (C=O) groups excluding carboxylic acids is 3. The molecule has 4 heterocycles. The molecule has 0 saturated carbocycles. The van der Waals surface area contributed by atoms with Gasteiger partial charge in [-0.1, -0.05) is 36.0 Å². The summed E-state index contributed by atoms with van der Waals surface area (Å²) in [5, 5.41) is 6.50. The summed E-state index contributed by atoms with van der Waals surface area (Å²) in [6.45, 7) is 0.364. The van der Waals surface area contributed by atoms with Gasteiger partial charge in [0.1, 0.15) is 17.5 Å². The predicted octanol–water partition coefficient (Wildman–Crippen LogP) is 3.63. The first-order valence-corrected chi connectivity index (χ1v) is 12.9. The van der Waals surface area contributed by atoms with Crippen LogP contribution in [-0.2, 0) is 16.1 Å². The standard InChI is InChI=1S/C28H23N5O4S/c34-26(16-31-27(35)17-7-8-25-23(13-17)37-22-5-1-2-6-24(22)38-25)33-11-3-4-21(33)28(36)30-15-19-12-18-14-29-10-9-20(18)32-19/h1-10,12-14,21,32H,11,15-16H2,(H,30,36)(H,31,35)/t21-/m0/s1. The van der Waals surface area contributed by atoms with E-state index in [9.17, 15) is 14.4 Å². The number of benzene rings is 2. The molecule has 2 aromatic carbocycles. The van der Waals surface area contributed by atoms with Gasteiger partial charge < -0.3 is 25.3 Å². The summed E-state index contributed by atoms with van der Waals surface area (Å²) in [6, 6.07) is 16.0. The van der Waals surface area contributed by atoms with Gasteiger partial charge in [0, 0.05) is 41.1 Å². The van der Waals surface area contributed by atoms with Crippen molar-refractivity contribution < 1.29 is 19.1 Å². The number of H-pyrrole nitrogens is 1. The Morgan fingerprint density at radius 2 is 1.92 bits per heavy atom. The highest BCUT2D eigenvalue weighted by Gasteiger charge is 2.30. The number of para-hydroxylation sites is 1. The molecular formula is C28H23N5O4S. The van der Waals surface area contributed by atoms with E-state index >= 15 is 0 Å². The number of aromatic nitrogens is 2. The van der Waals surface area contributed by atoms with Crippen LogP contribution in [0.1, 0.15) is 16.1 Å². The lowest BCUT2D eigenvalue weighted by atomic mass is 10.2. The van der Waals surface area contributed by atoms with Gasteiger partial charge in [-0.3, -0.25) is 19.4 Å². The zero-order chi connectivity index (χ0) is 26.1. The lowest BCUT2D eigenvalue weighted by Gasteiger charge is -2.24. The van der Waals surface area contributed by atoms with E-state index in [2.05, 4.69) is 20.6 Å². The Balaban J connectivity index is 1.04. The Morgan fingerprint density at radius 3 is 2.82 bits per heavy atom. The summed E-state index contributed by atoms with van der Waals surface area (Å²) in [4.78, 5) is 49.2. The molecule has 190 valence electrons. The minimum Gasteiger partial charge on any atom is -0.455 e. The van der Waals surface area contributed by atoms with E-state index < -0.39 is 11.9 Å². The maximum absolute atomic E-state index is 12.9. The number of pyridine rings is 1. The van der Waals surface area contributed by atoms with Gasteiger partial charge in [0.05, 0.1) is 22.9 Å². The summed E-state index contributed by atoms with van der Waals surface area (Å²) in [6.07, 6.45) is 6.92. The number of nitrogens with one attached hydrogen (secondary N) is 3. The van der Waals surface area contributed by atoms with Crippen LogP contribution in [0.25, 0.3) is 10.9 Å². The van der Waals surface area contributed by atoms with Crippen LogP contribution in [0.3, 0.4) is 0 Å². The van der Waals surface area contributed by atoms with E-state index in [4.69, 9.17) is 4.74 Å². The van der Waals surface area contributed by atoms with Crippen LogP contribution in [0.15, 0.2) is 88.9 Å². The highest BCUT2D eigenvalue weighted by molar-refractivity contribution is 7.99. The third-order valence-corrected chi connectivity index (χ3v) is 7.48. The minimum atomic E-state index is -0.736. The van der Waals surface area contributed by atoms with E-state index in [1.165, 1.54) is 4.90 Å². The van der Waals surface area contributed by atoms with Crippen LogP contribution in [0.5, 0.6) is 11.5 Å². The largest absolute Gasteiger partial charge is 0.455 e. The number of ether oxygens (including phenoxy) is 1.